The molecule has 7 nitrogen and oxygen atoms in total. The number of carbonyl (C=O) groups excluding carboxylic acids is 2. The van der Waals surface area contributed by atoms with Crippen molar-refractivity contribution in [2.75, 3.05) is 17.1 Å². The molecule has 2 aromatic rings. The number of halogens is 2. The molecule has 0 saturated carbocycles. The quantitative estimate of drug-likeness (QED) is 0.415. The lowest BCUT2D eigenvalue weighted by molar-refractivity contribution is -0.140. The minimum atomic E-state index is -3.81. The largest absolute Gasteiger partial charge is 0.352 e. The lowest BCUT2D eigenvalue weighted by Crippen LogP contribution is -2.53. The first-order chi connectivity index (χ1) is 17.0. The molecule has 1 N–H and O–H groups in total. The van der Waals surface area contributed by atoms with E-state index in [1.165, 1.54) is 4.90 Å². The summed E-state index contributed by atoms with van der Waals surface area (Å²) in [5.74, 6) is -0.825. The van der Waals surface area contributed by atoms with E-state index in [4.69, 9.17) is 23.2 Å². The Morgan fingerprint density at radius 3 is 2.05 bits per heavy atom. The lowest BCUT2D eigenvalue weighted by atomic mass is 9.87. The number of hydrogen-bond acceptors (Lipinski definition) is 4. The van der Waals surface area contributed by atoms with Crippen molar-refractivity contribution in [2.24, 2.45) is 0 Å². The molecule has 0 aliphatic rings. The van der Waals surface area contributed by atoms with E-state index < -0.39 is 28.5 Å². The van der Waals surface area contributed by atoms with Crippen LogP contribution in [0.2, 0.25) is 10.0 Å². The number of nitrogens with zero attached hydrogens (tertiary/aromatic N) is 2. The van der Waals surface area contributed by atoms with Crippen LogP contribution in [0.25, 0.3) is 0 Å². The maximum absolute atomic E-state index is 13.7. The zero-order valence-corrected chi connectivity index (χ0v) is 24.8. The average Bonchev–Trinajstić information content (AvgIpc) is 2.77. The highest BCUT2D eigenvalue weighted by atomic mass is 35.5. The highest BCUT2D eigenvalue weighted by molar-refractivity contribution is 7.92. The van der Waals surface area contributed by atoms with E-state index in [-0.39, 0.29) is 23.9 Å². The molecule has 2 aromatic carbocycles. The topological polar surface area (TPSA) is 86.8 Å². The third kappa shape index (κ3) is 8.62. The van der Waals surface area contributed by atoms with Gasteiger partial charge in [0.15, 0.2) is 0 Å². The van der Waals surface area contributed by atoms with Gasteiger partial charge in [0.1, 0.15) is 12.6 Å². The smallest absolute Gasteiger partial charge is 0.244 e. The molecule has 0 fully saturated rings. The standard InChI is InChI=1S/C27H37Cl2N3O4S/c1-8-24(26(34)30-18(2)3)31(16-19-9-14-22(28)23(29)15-19)25(33)17-32(37(7,35)36)21-12-10-20(11-13-21)27(4,5)6/h9-15,18,24H,8,16-17H2,1-7H3,(H,30,34)/t24-/m0/s1. The number of sulfonamides is 1. The van der Waals surface area contributed by atoms with Crippen molar-refractivity contribution in [3.63, 3.8) is 0 Å². The molecule has 2 rings (SSSR count). The van der Waals surface area contributed by atoms with Crippen molar-refractivity contribution in [2.45, 2.75) is 72.0 Å². The molecular weight excluding hydrogens is 533 g/mol. The monoisotopic (exact) mass is 569 g/mol. The second kappa shape index (κ2) is 12.5. The molecule has 0 aromatic heterocycles. The fourth-order valence-corrected chi connectivity index (χ4v) is 5.05. The SMILES string of the molecule is CC[C@@H](C(=O)NC(C)C)N(Cc1ccc(Cl)c(Cl)c1)C(=O)CN(c1ccc(C(C)(C)C)cc1)S(C)(=O)=O. The highest BCUT2D eigenvalue weighted by Gasteiger charge is 2.32. The van der Waals surface area contributed by atoms with Crippen molar-refractivity contribution >= 4 is 50.7 Å². The summed E-state index contributed by atoms with van der Waals surface area (Å²) in [6.45, 7) is 11.3. The molecule has 0 aliphatic carbocycles. The minimum Gasteiger partial charge on any atom is -0.352 e. The summed E-state index contributed by atoms with van der Waals surface area (Å²) >= 11 is 12.2. The first-order valence-electron chi connectivity index (χ1n) is 12.2. The number of hydrogen-bond donors (Lipinski definition) is 1. The van der Waals surface area contributed by atoms with Crippen LogP contribution in [0.3, 0.4) is 0 Å². The third-order valence-corrected chi connectivity index (χ3v) is 7.73. The molecule has 0 radical (unpaired) electrons. The zero-order valence-electron chi connectivity index (χ0n) is 22.5. The van der Waals surface area contributed by atoms with Gasteiger partial charge in [0.2, 0.25) is 21.8 Å². The number of nitrogens with one attached hydrogen (secondary N) is 1. The van der Waals surface area contributed by atoms with E-state index in [9.17, 15) is 18.0 Å². The summed E-state index contributed by atoms with van der Waals surface area (Å²) in [6, 6.07) is 11.1. The third-order valence-electron chi connectivity index (χ3n) is 5.85. The second-order valence-corrected chi connectivity index (χ2v) is 13.1. The molecule has 10 heteroatoms. The predicted octanol–water partition coefficient (Wildman–Crippen LogP) is 5.39. The van der Waals surface area contributed by atoms with Gasteiger partial charge in [-0.05, 0) is 61.1 Å². The van der Waals surface area contributed by atoms with Crippen LogP contribution < -0.4 is 9.62 Å². The Labute approximate surface area is 231 Å². The Balaban J connectivity index is 2.47. The first-order valence-corrected chi connectivity index (χ1v) is 14.8. The molecule has 0 saturated heterocycles. The molecule has 2 amide bonds. The van der Waals surface area contributed by atoms with Crippen LogP contribution in [-0.4, -0.2) is 50.0 Å². The summed E-state index contributed by atoms with van der Waals surface area (Å²) in [7, 11) is -3.81. The van der Waals surface area contributed by atoms with Crippen molar-refractivity contribution in [1.29, 1.82) is 0 Å². The summed E-state index contributed by atoms with van der Waals surface area (Å²) < 4.78 is 26.6. The molecule has 37 heavy (non-hydrogen) atoms. The Morgan fingerprint density at radius 2 is 1.59 bits per heavy atom. The van der Waals surface area contributed by atoms with E-state index in [0.717, 1.165) is 16.1 Å². The molecule has 1 atom stereocenters. The zero-order chi connectivity index (χ0) is 28.1. The second-order valence-electron chi connectivity index (χ2n) is 10.4. The Bertz CT molecular complexity index is 1210. The van der Waals surface area contributed by atoms with Gasteiger partial charge in [-0.2, -0.15) is 0 Å². The van der Waals surface area contributed by atoms with Gasteiger partial charge < -0.3 is 10.2 Å². The van der Waals surface area contributed by atoms with Crippen LogP contribution in [0.4, 0.5) is 5.69 Å². The van der Waals surface area contributed by atoms with Gasteiger partial charge in [-0.25, -0.2) is 8.42 Å². The molecule has 0 spiro atoms. The fraction of sp³-hybridized carbons (Fsp3) is 0.481. The number of benzene rings is 2. The molecule has 0 unspecified atom stereocenters. The fourth-order valence-electron chi connectivity index (χ4n) is 3.88. The predicted molar refractivity (Wildman–Crippen MR) is 152 cm³/mol. The maximum Gasteiger partial charge on any atom is 0.244 e. The molecule has 0 heterocycles. The van der Waals surface area contributed by atoms with Crippen molar-refractivity contribution in [1.82, 2.24) is 10.2 Å². The Hall–Kier alpha value is -2.29. The average molecular weight is 571 g/mol. The number of anilines is 1. The van der Waals surface area contributed by atoms with Crippen LogP contribution in [0.15, 0.2) is 42.5 Å². The van der Waals surface area contributed by atoms with Gasteiger partial charge in [0.25, 0.3) is 0 Å². The van der Waals surface area contributed by atoms with Crippen LogP contribution in [0.1, 0.15) is 59.1 Å². The lowest BCUT2D eigenvalue weighted by Gasteiger charge is -2.33. The van der Waals surface area contributed by atoms with E-state index in [1.54, 1.807) is 37.3 Å². The summed E-state index contributed by atoms with van der Waals surface area (Å²) in [5.41, 5.74) is 1.96. The van der Waals surface area contributed by atoms with Gasteiger partial charge >= 0.3 is 0 Å². The summed E-state index contributed by atoms with van der Waals surface area (Å²) in [6.07, 6.45) is 1.40. The molecule has 0 aliphatic heterocycles. The van der Waals surface area contributed by atoms with Crippen LogP contribution in [-0.2, 0) is 31.6 Å². The van der Waals surface area contributed by atoms with E-state index >= 15 is 0 Å². The summed E-state index contributed by atoms with van der Waals surface area (Å²) in [5, 5.41) is 3.55. The molecule has 204 valence electrons. The van der Waals surface area contributed by atoms with E-state index in [1.807, 2.05) is 26.0 Å². The van der Waals surface area contributed by atoms with Crippen LogP contribution in [0.5, 0.6) is 0 Å². The van der Waals surface area contributed by atoms with Crippen molar-refractivity contribution in [3.8, 4) is 0 Å². The number of rotatable bonds is 10. The highest BCUT2D eigenvalue weighted by Crippen LogP contribution is 2.27. The van der Waals surface area contributed by atoms with Gasteiger partial charge in [0, 0.05) is 12.6 Å². The van der Waals surface area contributed by atoms with Gasteiger partial charge in [-0.3, -0.25) is 13.9 Å². The Kier molecular flexibility index (Phi) is 10.5. The molecular formula is C27H37Cl2N3O4S. The van der Waals surface area contributed by atoms with Crippen LogP contribution >= 0.6 is 23.2 Å². The van der Waals surface area contributed by atoms with Crippen molar-refractivity contribution < 1.29 is 18.0 Å². The maximum atomic E-state index is 13.7. The van der Waals surface area contributed by atoms with Gasteiger partial charge in [0.05, 0.1) is 22.0 Å². The first kappa shape index (κ1) is 30.9. The number of carbonyl (C=O) groups is 2. The normalized spacial score (nSPS) is 12.8. The molecule has 0 bridgehead atoms. The van der Waals surface area contributed by atoms with E-state index in [0.29, 0.717) is 27.7 Å². The van der Waals surface area contributed by atoms with Gasteiger partial charge in [-0.15, -0.1) is 0 Å². The van der Waals surface area contributed by atoms with Crippen molar-refractivity contribution in [3.05, 3.63) is 63.6 Å². The summed E-state index contributed by atoms with van der Waals surface area (Å²) in [4.78, 5) is 28.2. The van der Waals surface area contributed by atoms with Crippen LogP contribution in [0, 0.1) is 0 Å². The van der Waals surface area contributed by atoms with Gasteiger partial charge in [-0.1, -0.05) is 69.1 Å². The Morgan fingerprint density at radius 1 is 1.00 bits per heavy atom. The minimum absolute atomic E-state index is 0.0559. The number of amides is 2. The van der Waals surface area contributed by atoms with E-state index in [2.05, 4.69) is 26.1 Å².